The molecule has 1 amide bonds. The highest BCUT2D eigenvalue weighted by Crippen LogP contribution is 2.28. The summed E-state index contributed by atoms with van der Waals surface area (Å²) in [6.07, 6.45) is 3.27. The van der Waals surface area contributed by atoms with Crippen molar-refractivity contribution in [1.29, 1.82) is 0 Å². The van der Waals surface area contributed by atoms with Crippen molar-refractivity contribution >= 4 is 12.1 Å². The first-order chi connectivity index (χ1) is 8.20. The largest absolute Gasteiger partial charge is 0.507 e. The van der Waals surface area contributed by atoms with E-state index in [0.717, 1.165) is 12.8 Å². The molecule has 0 heterocycles. The summed E-state index contributed by atoms with van der Waals surface area (Å²) in [7, 11) is 1.54. The number of aromatic hydroxyl groups is 1. The van der Waals surface area contributed by atoms with Crippen LogP contribution < -0.4 is 10.2 Å². The monoisotopic (exact) mass is 234 g/mol. The molecule has 0 unspecified atom stereocenters. The number of nitrogens with one attached hydrogen (secondary N) is 1. The van der Waals surface area contributed by atoms with Crippen LogP contribution >= 0.6 is 0 Å². The minimum atomic E-state index is -0.0661. The number of hydrogen-bond acceptors (Lipinski definition) is 4. The Bertz CT molecular complexity index is 453. The molecule has 0 saturated heterocycles. The molecule has 0 bridgehead atoms. The first-order valence-corrected chi connectivity index (χ1v) is 5.40. The average molecular weight is 234 g/mol. The summed E-state index contributed by atoms with van der Waals surface area (Å²) in [4.78, 5) is 11.3. The van der Waals surface area contributed by atoms with Gasteiger partial charge in [0.2, 0.25) is 5.91 Å². The maximum absolute atomic E-state index is 11.3. The highest BCUT2D eigenvalue weighted by molar-refractivity contribution is 5.86. The maximum Gasteiger partial charge on any atom is 0.243 e. The van der Waals surface area contributed by atoms with Gasteiger partial charge >= 0.3 is 0 Å². The summed E-state index contributed by atoms with van der Waals surface area (Å²) in [6.45, 7) is 0. The number of benzene rings is 1. The molecule has 17 heavy (non-hydrogen) atoms. The molecule has 2 rings (SSSR count). The quantitative estimate of drug-likeness (QED) is 0.608. The Labute approximate surface area is 99.1 Å². The zero-order valence-electron chi connectivity index (χ0n) is 9.51. The van der Waals surface area contributed by atoms with E-state index in [2.05, 4.69) is 10.5 Å². The Kier molecular flexibility index (Phi) is 3.27. The average Bonchev–Trinajstić information content (AvgIpc) is 3.15. The second-order valence-electron chi connectivity index (χ2n) is 3.93. The fourth-order valence-corrected chi connectivity index (χ4v) is 1.37. The Morgan fingerprint density at radius 2 is 2.35 bits per heavy atom. The van der Waals surface area contributed by atoms with Crippen molar-refractivity contribution in [2.75, 3.05) is 7.11 Å². The number of ether oxygens (including phenoxy) is 1. The van der Waals surface area contributed by atoms with Gasteiger partial charge in [-0.05, 0) is 31.0 Å². The van der Waals surface area contributed by atoms with Crippen molar-refractivity contribution in [3.8, 4) is 11.5 Å². The first kappa shape index (κ1) is 11.4. The van der Waals surface area contributed by atoms with Crippen molar-refractivity contribution in [2.45, 2.75) is 12.8 Å². The lowest BCUT2D eigenvalue weighted by atomic mass is 10.2. The van der Waals surface area contributed by atoms with Gasteiger partial charge in [-0.1, -0.05) is 0 Å². The number of amides is 1. The van der Waals surface area contributed by atoms with Crippen molar-refractivity contribution in [3.63, 3.8) is 0 Å². The molecule has 1 saturated carbocycles. The SMILES string of the molecule is COc1ccc(O)c(/C=N/NC(=O)C2CC2)c1. The Morgan fingerprint density at radius 1 is 1.59 bits per heavy atom. The van der Waals surface area contributed by atoms with Gasteiger partial charge in [0.1, 0.15) is 11.5 Å². The molecule has 1 aliphatic rings. The molecule has 0 radical (unpaired) electrons. The van der Waals surface area contributed by atoms with Crippen molar-refractivity contribution in [3.05, 3.63) is 23.8 Å². The van der Waals surface area contributed by atoms with Gasteiger partial charge in [-0.3, -0.25) is 4.79 Å². The van der Waals surface area contributed by atoms with E-state index in [9.17, 15) is 9.90 Å². The van der Waals surface area contributed by atoms with E-state index >= 15 is 0 Å². The third kappa shape index (κ3) is 2.96. The van der Waals surface area contributed by atoms with Gasteiger partial charge in [0, 0.05) is 11.5 Å². The van der Waals surface area contributed by atoms with Crippen LogP contribution in [0.25, 0.3) is 0 Å². The van der Waals surface area contributed by atoms with Gasteiger partial charge < -0.3 is 9.84 Å². The zero-order valence-corrected chi connectivity index (χ0v) is 9.51. The molecule has 5 heteroatoms. The molecule has 1 aliphatic carbocycles. The number of methoxy groups -OCH3 is 1. The summed E-state index contributed by atoms with van der Waals surface area (Å²) in [5, 5.41) is 13.4. The summed E-state index contributed by atoms with van der Waals surface area (Å²) >= 11 is 0. The van der Waals surface area contributed by atoms with Gasteiger partial charge in [0.15, 0.2) is 0 Å². The van der Waals surface area contributed by atoms with Crippen LogP contribution in [0.15, 0.2) is 23.3 Å². The number of rotatable bonds is 4. The van der Waals surface area contributed by atoms with E-state index in [0.29, 0.717) is 11.3 Å². The molecule has 0 aliphatic heterocycles. The third-order valence-corrected chi connectivity index (χ3v) is 2.56. The molecule has 0 spiro atoms. The van der Waals surface area contributed by atoms with Crippen LogP contribution in [-0.2, 0) is 4.79 Å². The Morgan fingerprint density at radius 3 is 3.00 bits per heavy atom. The highest BCUT2D eigenvalue weighted by Gasteiger charge is 2.29. The van der Waals surface area contributed by atoms with Crippen molar-refractivity contribution in [1.82, 2.24) is 5.43 Å². The van der Waals surface area contributed by atoms with Crippen LogP contribution in [0, 0.1) is 5.92 Å². The van der Waals surface area contributed by atoms with Gasteiger partial charge in [-0.2, -0.15) is 5.10 Å². The molecule has 0 aromatic heterocycles. The van der Waals surface area contributed by atoms with Crippen molar-refractivity contribution < 1.29 is 14.6 Å². The number of carbonyl (C=O) groups is 1. The predicted molar refractivity (Wildman–Crippen MR) is 63.1 cm³/mol. The summed E-state index contributed by atoms with van der Waals surface area (Å²) in [5.41, 5.74) is 2.94. The lowest BCUT2D eigenvalue weighted by Gasteiger charge is -2.03. The lowest BCUT2D eigenvalue weighted by Crippen LogP contribution is -2.18. The fourth-order valence-electron chi connectivity index (χ4n) is 1.37. The normalized spacial score (nSPS) is 14.9. The van der Waals surface area contributed by atoms with Gasteiger partial charge in [0.25, 0.3) is 0 Å². The molecule has 5 nitrogen and oxygen atoms in total. The van der Waals surface area contributed by atoms with Crippen LogP contribution in [0.3, 0.4) is 0 Å². The number of carbonyl (C=O) groups excluding carboxylic acids is 1. The molecular formula is C12H14N2O3. The number of hydrogen-bond donors (Lipinski definition) is 2. The second kappa shape index (κ2) is 4.86. The second-order valence-corrected chi connectivity index (χ2v) is 3.93. The maximum atomic E-state index is 11.3. The standard InChI is InChI=1S/C12H14N2O3/c1-17-10-4-5-11(15)9(6-10)7-13-14-12(16)8-2-3-8/h4-8,15H,2-3H2,1H3,(H,14,16)/b13-7+. The topological polar surface area (TPSA) is 70.9 Å². The van der Waals surface area contributed by atoms with E-state index in [1.807, 2.05) is 0 Å². The van der Waals surface area contributed by atoms with Crippen LogP contribution in [0.2, 0.25) is 0 Å². The number of phenolic OH excluding ortho intramolecular Hbond substituents is 1. The minimum absolute atomic E-state index is 0.0661. The van der Waals surface area contributed by atoms with Gasteiger partial charge in [-0.15, -0.1) is 0 Å². The Hall–Kier alpha value is -2.04. The van der Waals surface area contributed by atoms with E-state index in [1.165, 1.54) is 12.3 Å². The van der Waals surface area contributed by atoms with Crippen LogP contribution in [0.5, 0.6) is 11.5 Å². The molecule has 2 N–H and O–H groups in total. The number of hydrazone groups is 1. The molecule has 90 valence electrons. The highest BCUT2D eigenvalue weighted by atomic mass is 16.5. The van der Waals surface area contributed by atoms with Crippen LogP contribution in [0.4, 0.5) is 0 Å². The Balaban J connectivity index is 2.01. The van der Waals surface area contributed by atoms with E-state index < -0.39 is 0 Å². The first-order valence-electron chi connectivity index (χ1n) is 5.40. The van der Waals surface area contributed by atoms with E-state index in [-0.39, 0.29) is 17.6 Å². The molecular weight excluding hydrogens is 220 g/mol. The zero-order chi connectivity index (χ0) is 12.3. The smallest absolute Gasteiger partial charge is 0.243 e. The summed E-state index contributed by atoms with van der Waals surface area (Å²) in [6, 6.07) is 4.81. The van der Waals surface area contributed by atoms with Crippen molar-refractivity contribution in [2.24, 2.45) is 11.0 Å². The molecule has 0 atom stereocenters. The number of phenols is 1. The minimum Gasteiger partial charge on any atom is -0.507 e. The van der Waals surface area contributed by atoms with Crippen LogP contribution in [-0.4, -0.2) is 24.3 Å². The van der Waals surface area contributed by atoms with Gasteiger partial charge in [0.05, 0.1) is 13.3 Å². The fraction of sp³-hybridized carbons (Fsp3) is 0.333. The van der Waals surface area contributed by atoms with E-state index in [1.54, 1.807) is 19.2 Å². The third-order valence-electron chi connectivity index (χ3n) is 2.56. The van der Waals surface area contributed by atoms with Crippen LogP contribution in [0.1, 0.15) is 18.4 Å². The predicted octanol–water partition coefficient (Wildman–Crippen LogP) is 1.26. The number of nitrogens with zero attached hydrogens (tertiary/aromatic N) is 1. The lowest BCUT2D eigenvalue weighted by molar-refractivity contribution is -0.122. The summed E-state index contributed by atoms with van der Waals surface area (Å²) in [5.74, 6) is 0.766. The van der Waals surface area contributed by atoms with Gasteiger partial charge in [-0.25, -0.2) is 5.43 Å². The molecule has 1 aromatic rings. The summed E-state index contributed by atoms with van der Waals surface area (Å²) < 4.78 is 5.03. The molecule has 1 fully saturated rings. The van der Waals surface area contributed by atoms with E-state index in [4.69, 9.17) is 4.74 Å². The molecule has 1 aromatic carbocycles.